The van der Waals surface area contributed by atoms with Gasteiger partial charge >= 0.3 is 21.7 Å². The van der Waals surface area contributed by atoms with Gasteiger partial charge in [0, 0.05) is 0 Å². The molecule has 0 aliphatic carbocycles. The summed E-state index contributed by atoms with van der Waals surface area (Å²) >= 11 is 0. The van der Waals surface area contributed by atoms with Crippen LogP contribution in [0.1, 0.15) is 0 Å². The van der Waals surface area contributed by atoms with Gasteiger partial charge in [0.25, 0.3) is 0 Å². The van der Waals surface area contributed by atoms with E-state index in [1.807, 2.05) is 21.3 Å². The third-order valence-electron chi connectivity index (χ3n) is 2.46. The van der Waals surface area contributed by atoms with E-state index in [-0.39, 0.29) is 47.9 Å². The molecule has 21 heteroatoms. The normalized spacial score (nSPS) is 8.32. The summed E-state index contributed by atoms with van der Waals surface area (Å²) in [5.41, 5.74) is 19.3. The fourth-order valence-electron chi connectivity index (χ4n) is 0.972. The van der Waals surface area contributed by atoms with Crippen LogP contribution < -0.4 is 64.6 Å². The third-order valence-corrected chi connectivity index (χ3v) is 2.46. The van der Waals surface area contributed by atoms with Crippen LogP contribution in [0.3, 0.4) is 0 Å². The van der Waals surface area contributed by atoms with Gasteiger partial charge in [-0.1, -0.05) is 0 Å². The van der Waals surface area contributed by atoms with Gasteiger partial charge in [-0.25, -0.2) is 0 Å². The van der Waals surface area contributed by atoms with Crippen LogP contribution >= 0.6 is 0 Å². The first-order valence-electron chi connectivity index (χ1n) is 9.33. The van der Waals surface area contributed by atoms with E-state index in [1.54, 1.807) is 0 Å². The van der Waals surface area contributed by atoms with Crippen molar-refractivity contribution in [2.75, 3.05) is 52.4 Å². The van der Waals surface area contributed by atoms with Crippen molar-refractivity contribution in [3.05, 3.63) is 0 Å². The summed E-state index contributed by atoms with van der Waals surface area (Å²) in [7, 11) is 0. The predicted octanol–water partition coefficient (Wildman–Crippen LogP) is -12.8. The Bertz CT molecular complexity index is 619. The fraction of sp³-hybridized carbons (Fsp3) is 0.500. The van der Waals surface area contributed by atoms with Gasteiger partial charge in [-0.15, -0.1) is 0 Å². The number of amides is 4. The number of rotatable bonds is 12. The van der Waals surface area contributed by atoms with Gasteiger partial charge < -0.3 is 83.8 Å². The maximum absolute atomic E-state index is 10.2. The summed E-state index contributed by atoms with van der Waals surface area (Å²) in [5.74, 6) is -7.29. The zero-order valence-electron chi connectivity index (χ0n) is 19.4. The SMILES string of the molecule is NCC(=O)NCC(=O)[O-].NCC(=O)NCC(=O)[O-].NCC(=O)NCC(=O)[O-].NCC(=O)NCC(=O)[O-].[Ti+4]. The van der Waals surface area contributed by atoms with Gasteiger partial charge in [0.1, 0.15) is 0 Å². The number of carboxylic acid groups (broad SMARTS) is 4. The van der Waals surface area contributed by atoms with Crippen molar-refractivity contribution >= 4 is 47.5 Å². The van der Waals surface area contributed by atoms with E-state index in [1.165, 1.54) is 0 Å². The number of nitrogens with one attached hydrogen (secondary N) is 4. The number of hydrogen-bond donors (Lipinski definition) is 8. The zero-order chi connectivity index (χ0) is 29.1. The summed E-state index contributed by atoms with van der Waals surface area (Å²) in [6.07, 6.45) is 0. The molecular weight excluding hydrogens is 544 g/mol. The molecule has 0 radical (unpaired) electrons. The molecule has 20 nitrogen and oxygen atoms in total. The van der Waals surface area contributed by atoms with E-state index in [4.69, 9.17) is 22.9 Å². The first kappa shape index (κ1) is 43.4. The molecule has 0 aromatic carbocycles. The summed E-state index contributed by atoms with van der Waals surface area (Å²) in [6.45, 7) is -2.71. The second kappa shape index (κ2) is 30.3. The predicted molar refractivity (Wildman–Crippen MR) is 108 cm³/mol. The molecule has 0 saturated heterocycles. The maximum atomic E-state index is 10.2. The number of carboxylic acids is 4. The zero-order valence-corrected chi connectivity index (χ0v) is 20.9. The first-order chi connectivity index (χ1) is 16.7. The molecule has 0 aliphatic heterocycles. The van der Waals surface area contributed by atoms with Crippen LogP contribution in [0, 0.1) is 0 Å². The number of aliphatic carboxylic acids is 4. The van der Waals surface area contributed by atoms with Crippen molar-refractivity contribution in [1.29, 1.82) is 0 Å². The van der Waals surface area contributed by atoms with Crippen molar-refractivity contribution in [2.45, 2.75) is 0 Å². The summed E-state index contributed by atoms with van der Waals surface area (Å²) in [4.78, 5) is 79.4. The molecule has 208 valence electrons. The minimum atomic E-state index is -1.32. The Kier molecular flexibility index (Phi) is 35.6. The van der Waals surface area contributed by atoms with Gasteiger partial charge in [0.2, 0.25) is 23.6 Å². The molecule has 0 bridgehead atoms. The Hall–Kier alpha value is -3.69. The fourth-order valence-corrected chi connectivity index (χ4v) is 0.972. The molecule has 0 spiro atoms. The molecule has 0 rings (SSSR count). The van der Waals surface area contributed by atoms with Crippen LogP contribution in [-0.4, -0.2) is 99.9 Å². The van der Waals surface area contributed by atoms with Gasteiger partial charge in [-0.2, -0.15) is 0 Å². The summed E-state index contributed by atoms with van der Waals surface area (Å²) in [6, 6.07) is 0. The van der Waals surface area contributed by atoms with Gasteiger partial charge in [0.05, 0.1) is 76.2 Å². The molecule has 0 atom stereocenters. The Morgan fingerprint density at radius 3 is 0.622 bits per heavy atom. The molecule has 0 heterocycles. The van der Waals surface area contributed by atoms with E-state index < -0.39 is 73.7 Å². The Labute approximate surface area is 224 Å². The van der Waals surface area contributed by atoms with E-state index in [0.717, 1.165) is 0 Å². The third kappa shape index (κ3) is 50.2. The van der Waals surface area contributed by atoms with E-state index in [2.05, 4.69) is 0 Å². The molecule has 0 fully saturated rings. The van der Waals surface area contributed by atoms with Gasteiger partial charge in [0.15, 0.2) is 0 Å². The van der Waals surface area contributed by atoms with Crippen molar-refractivity contribution < 1.29 is 80.5 Å². The van der Waals surface area contributed by atoms with Crippen molar-refractivity contribution in [3.8, 4) is 0 Å². The topological polar surface area (TPSA) is 381 Å². The Morgan fingerprint density at radius 2 is 0.541 bits per heavy atom. The standard InChI is InChI=1S/4C4H8N2O3.Ti/c4*5-1-3(7)6-2-4(8)9;/h4*1-2,5H2,(H,6,7)(H,8,9);/q;;;;+4/p-4. The number of carbonyl (C=O) groups excluding carboxylic acids is 8. The Balaban J connectivity index is -0.000000122. The molecule has 37 heavy (non-hydrogen) atoms. The smallest absolute Gasteiger partial charge is 0.548 e. The van der Waals surface area contributed by atoms with Gasteiger partial charge in [-0.3, -0.25) is 19.2 Å². The molecule has 12 N–H and O–H groups in total. The monoisotopic (exact) mass is 572 g/mol. The summed E-state index contributed by atoms with van der Waals surface area (Å²) < 4.78 is 0. The average Bonchev–Trinajstić information content (AvgIpc) is 2.83. The van der Waals surface area contributed by atoms with Crippen molar-refractivity contribution in [1.82, 2.24) is 21.3 Å². The van der Waals surface area contributed by atoms with Crippen LogP contribution in [0.5, 0.6) is 0 Å². The van der Waals surface area contributed by atoms with E-state index in [0.29, 0.717) is 0 Å². The summed E-state index contributed by atoms with van der Waals surface area (Å²) in [5, 5.41) is 46.6. The molecule has 4 amide bonds. The second-order valence-electron chi connectivity index (χ2n) is 5.41. The van der Waals surface area contributed by atoms with E-state index in [9.17, 15) is 58.8 Å². The minimum absolute atomic E-state index is 0. The minimum Gasteiger partial charge on any atom is -0.548 e. The molecule has 0 aliphatic rings. The number of carbonyl (C=O) groups is 8. The molecule has 0 saturated carbocycles. The van der Waals surface area contributed by atoms with Crippen LogP contribution in [0.2, 0.25) is 0 Å². The van der Waals surface area contributed by atoms with Crippen LogP contribution in [0.4, 0.5) is 0 Å². The molecular formula is C16H28N8O12Ti. The first-order valence-corrected chi connectivity index (χ1v) is 9.33. The quantitative estimate of drug-likeness (QED) is 0.101. The number of nitrogens with two attached hydrogens (primary N) is 4. The largest absolute Gasteiger partial charge is 4.00 e. The Morgan fingerprint density at radius 1 is 0.405 bits per heavy atom. The molecule has 0 unspecified atom stereocenters. The van der Waals surface area contributed by atoms with Crippen LogP contribution in [0.15, 0.2) is 0 Å². The molecule has 0 aromatic heterocycles. The average molecular weight is 572 g/mol. The van der Waals surface area contributed by atoms with Crippen LogP contribution in [0.25, 0.3) is 0 Å². The van der Waals surface area contributed by atoms with Crippen LogP contribution in [-0.2, 0) is 60.1 Å². The maximum Gasteiger partial charge on any atom is 4.00 e. The van der Waals surface area contributed by atoms with E-state index >= 15 is 0 Å². The van der Waals surface area contributed by atoms with Crippen molar-refractivity contribution in [3.63, 3.8) is 0 Å². The van der Waals surface area contributed by atoms with Crippen molar-refractivity contribution in [2.24, 2.45) is 22.9 Å². The second-order valence-corrected chi connectivity index (χ2v) is 5.41. The van der Waals surface area contributed by atoms with Gasteiger partial charge in [-0.05, 0) is 0 Å². The number of hydrogen-bond acceptors (Lipinski definition) is 16. The molecule has 0 aromatic rings.